The molecule has 0 aliphatic heterocycles. The predicted octanol–water partition coefficient (Wildman–Crippen LogP) is 6.84. The molecule has 33 heavy (non-hydrogen) atoms. The van der Waals surface area contributed by atoms with Crippen LogP contribution in [0.1, 0.15) is 99.1 Å². The summed E-state index contributed by atoms with van der Waals surface area (Å²) in [5, 5.41) is 10.9. The van der Waals surface area contributed by atoms with Crippen molar-refractivity contribution in [2.45, 2.75) is 99.3 Å². The molecule has 1 unspecified atom stereocenters. The van der Waals surface area contributed by atoms with Gasteiger partial charge in [-0.05, 0) is 52.9 Å². The van der Waals surface area contributed by atoms with Crippen molar-refractivity contribution in [2.75, 3.05) is 14.2 Å². The van der Waals surface area contributed by atoms with Crippen LogP contribution in [0.25, 0.3) is 0 Å². The maximum atomic E-state index is 12.8. The number of phenols is 1. The van der Waals surface area contributed by atoms with Gasteiger partial charge >= 0.3 is 0 Å². The highest BCUT2D eigenvalue weighted by Crippen LogP contribution is 2.60. The lowest BCUT2D eigenvalue weighted by Gasteiger charge is -2.49. The standard InChI is InChI=1S/C26H46O6S/c1-13-17-18(22(33(28,29)30)21(32-12)19(27)20(17)31-11)23(25(7,8)14-16(2)3)26(9,10)15-24(4,5)6/h16,23,27H,13-15H2,1-12H3,(H,28,29,30). The van der Waals surface area contributed by atoms with Gasteiger partial charge in [0.1, 0.15) is 4.90 Å². The summed E-state index contributed by atoms with van der Waals surface area (Å²) in [6.07, 6.45) is 2.06. The van der Waals surface area contributed by atoms with Crippen LogP contribution in [0, 0.1) is 22.2 Å². The van der Waals surface area contributed by atoms with E-state index in [1.807, 2.05) is 6.92 Å². The second-order valence-corrected chi connectivity index (χ2v) is 13.6. The molecular weight excluding hydrogens is 440 g/mol. The molecule has 0 fully saturated rings. The van der Waals surface area contributed by atoms with Gasteiger partial charge in [-0.1, -0.05) is 69.2 Å². The van der Waals surface area contributed by atoms with E-state index in [4.69, 9.17) is 9.47 Å². The zero-order valence-corrected chi connectivity index (χ0v) is 23.5. The lowest BCUT2D eigenvalue weighted by atomic mass is 9.56. The Morgan fingerprint density at radius 3 is 1.73 bits per heavy atom. The average Bonchev–Trinajstić information content (AvgIpc) is 2.57. The van der Waals surface area contributed by atoms with Crippen LogP contribution in [-0.4, -0.2) is 32.3 Å². The van der Waals surface area contributed by atoms with Crippen LogP contribution >= 0.6 is 0 Å². The minimum absolute atomic E-state index is 0.0224. The molecule has 0 bridgehead atoms. The molecule has 2 N–H and O–H groups in total. The molecule has 192 valence electrons. The van der Waals surface area contributed by atoms with E-state index in [2.05, 4.69) is 62.3 Å². The summed E-state index contributed by atoms with van der Waals surface area (Å²) in [5.74, 6) is -0.426. The topological polar surface area (TPSA) is 93.1 Å². The minimum Gasteiger partial charge on any atom is -0.502 e. The maximum absolute atomic E-state index is 12.8. The molecule has 0 radical (unpaired) electrons. The fourth-order valence-corrected chi connectivity index (χ4v) is 7.47. The van der Waals surface area contributed by atoms with Crippen molar-refractivity contribution in [3.05, 3.63) is 11.1 Å². The molecule has 1 rings (SSSR count). The molecule has 6 nitrogen and oxygen atoms in total. The van der Waals surface area contributed by atoms with Gasteiger partial charge < -0.3 is 14.6 Å². The van der Waals surface area contributed by atoms with Crippen molar-refractivity contribution < 1.29 is 27.6 Å². The first-order valence-corrected chi connectivity index (χ1v) is 13.2. The van der Waals surface area contributed by atoms with E-state index in [0.29, 0.717) is 23.5 Å². The Morgan fingerprint density at radius 1 is 0.909 bits per heavy atom. The molecule has 0 aliphatic carbocycles. The van der Waals surface area contributed by atoms with Crippen LogP contribution in [0.3, 0.4) is 0 Å². The van der Waals surface area contributed by atoms with E-state index < -0.39 is 15.9 Å². The summed E-state index contributed by atoms with van der Waals surface area (Å²) < 4.78 is 47.1. The van der Waals surface area contributed by atoms with Gasteiger partial charge in [0.15, 0.2) is 11.5 Å². The second-order valence-electron chi connectivity index (χ2n) is 12.2. The van der Waals surface area contributed by atoms with Crippen molar-refractivity contribution >= 4 is 10.1 Å². The number of hydrogen-bond acceptors (Lipinski definition) is 5. The molecular formula is C26H46O6S. The molecule has 0 saturated carbocycles. The Kier molecular flexibility index (Phi) is 8.98. The molecule has 0 spiro atoms. The van der Waals surface area contributed by atoms with E-state index in [1.165, 1.54) is 14.2 Å². The van der Waals surface area contributed by atoms with Gasteiger partial charge in [-0.25, -0.2) is 0 Å². The third-order valence-corrected chi connectivity index (χ3v) is 7.19. The van der Waals surface area contributed by atoms with Crippen molar-refractivity contribution in [2.24, 2.45) is 22.2 Å². The van der Waals surface area contributed by atoms with Crippen LogP contribution in [0.4, 0.5) is 0 Å². The minimum atomic E-state index is -4.73. The van der Waals surface area contributed by atoms with Crippen molar-refractivity contribution in [1.29, 1.82) is 0 Å². The molecule has 0 aliphatic rings. The Morgan fingerprint density at radius 2 is 1.39 bits per heavy atom. The second kappa shape index (κ2) is 10.0. The van der Waals surface area contributed by atoms with E-state index in [9.17, 15) is 18.1 Å². The van der Waals surface area contributed by atoms with Crippen LogP contribution in [-0.2, 0) is 16.5 Å². The van der Waals surface area contributed by atoms with Gasteiger partial charge in [-0.2, -0.15) is 8.42 Å². The van der Waals surface area contributed by atoms with Crippen molar-refractivity contribution in [3.8, 4) is 17.2 Å². The van der Waals surface area contributed by atoms with Gasteiger partial charge in [-0.3, -0.25) is 4.55 Å². The van der Waals surface area contributed by atoms with Gasteiger partial charge in [0.25, 0.3) is 10.1 Å². The summed E-state index contributed by atoms with van der Waals surface area (Å²) in [7, 11) is -2.01. The number of methoxy groups -OCH3 is 2. The fourth-order valence-electron chi connectivity index (χ4n) is 6.54. The van der Waals surface area contributed by atoms with E-state index in [-0.39, 0.29) is 38.6 Å². The summed E-state index contributed by atoms with van der Waals surface area (Å²) >= 11 is 0. The Hall–Kier alpha value is -1.47. The van der Waals surface area contributed by atoms with Gasteiger partial charge in [0.2, 0.25) is 5.75 Å². The van der Waals surface area contributed by atoms with E-state index in [0.717, 1.165) is 12.8 Å². The van der Waals surface area contributed by atoms with E-state index in [1.54, 1.807) is 0 Å². The number of benzene rings is 1. The molecule has 0 heterocycles. The summed E-state index contributed by atoms with van der Waals surface area (Å²) in [6, 6.07) is 0. The third-order valence-electron chi connectivity index (χ3n) is 6.27. The van der Waals surface area contributed by atoms with Gasteiger partial charge in [0, 0.05) is 5.56 Å². The summed E-state index contributed by atoms with van der Waals surface area (Å²) in [4.78, 5) is -0.357. The molecule has 1 aromatic rings. The van der Waals surface area contributed by atoms with Crippen molar-refractivity contribution in [1.82, 2.24) is 0 Å². The molecule has 7 heteroatoms. The van der Waals surface area contributed by atoms with Gasteiger partial charge in [0.05, 0.1) is 14.2 Å². The van der Waals surface area contributed by atoms with Crippen LogP contribution < -0.4 is 9.47 Å². The molecule has 1 atom stereocenters. The fraction of sp³-hybridized carbons (Fsp3) is 0.769. The largest absolute Gasteiger partial charge is 0.502 e. The smallest absolute Gasteiger partial charge is 0.298 e. The summed E-state index contributed by atoms with van der Waals surface area (Å²) in [6.45, 7) is 21.3. The Bertz CT molecular complexity index is 937. The average molecular weight is 487 g/mol. The first-order chi connectivity index (χ1) is 14.7. The zero-order valence-electron chi connectivity index (χ0n) is 22.7. The zero-order chi connectivity index (χ0) is 26.2. The highest BCUT2D eigenvalue weighted by Gasteiger charge is 2.48. The maximum Gasteiger partial charge on any atom is 0.298 e. The lowest BCUT2D eigenvalue weighted by molar-refractivity contribution is 0.0761. The first-order valence-electron chi connectivity index (χ1n) is 11.7. The quantitative estimate of drug-likeness (QED) is 0.352. The molecule has 0 aromatic heterocycles. The van der Waals surface area contributed by atoms with E-state index >= 15 is 0 Å². The van der Waals surface area contributed by atoms with Crippen LogP contribution in [0.2, 0.25) is 0 Å². The number of aromatic hydroxyl groups is 1. The predicted molar refractivity (Wildman–Crippen MR) is 134 cm³/mol. The number of phenolic OH excluding ortho intramolecular Hbond substituents is 1. The highest BCUT2D eigenvalue weighted by atomic mass is 32.2. The first kappa shape index (κ1) is 29.6. The lowest BCUT2D eigenvalue weighted by Crippen LogP contribution is -2.39. The van der Waals surface area contributed by atoms with Gasteiger partial charge in [-0.15, -0.1) is 0 Å². The monoisotopic (exact) mass is 486 g/mol. The Labute approximate surface area is 201 Å². The number of hydrogen-bond donors (Lipinski definition) is 2. The molecule has 1 aromatic carbocycles. The Balaban J connectivity index is 4.37. The number of rotatable bonds is 10. The van der Waals surface area contributed by atoms with Crippen molar-refractivity contribution in [3.63, 3.8) is 0 Å². The highest BCUT2D eigenvalue weighted by molar-refractivity contribution is 7.86. The molecule has 0 saturated heterocycles. The van der Waals surface area contributed by atoms with Crippen LogP contribution in [0.15, 0.2) is 4.90 Å². The number of ether oxygens (including phenoxy) is 2. The SMILES string of the molecule is CCc1c(OC)c(O)c(OC)c(S(=O)(=O)O)c1C(C(C)(C)CC(C)C)C(C)(C)CC(C)(C)C. The summed E-state index contributed by atoms with van der Waals surface area (Å²) in [5.41, 5.74) is 0.316. The third kappa shape index (κ3) is 6.56. The molecule has 0 amide bonds. The normalized spacial score (nSPS) is 14.5. The van der Waals surface area contributed by atoms with Crippen LogP contribution in [0.5, 0.6) is 17.2 Å².